The van der Waals surface area contributed by atoms with Crippen molar-refractivity contribution in [2.45, 2.75) is 12.6 Å². The topological polar surface area (TPSA) is 34.1 Å². The lowest BCUT2D eigenvalue weighted by molar-refractivity contribution is -0.137. The van der Waals surface area contributed by atoms with E-state index in [0.717, 1.165) is 31.8 Å². The van der Waals surface area contributed by atoms with Gasteiger partial charge in [-0.15, -0.1) is 12.4 Å². The lowest BCUT2D eigenvalue weighted by Gasteiger charge is -2.11. The molecule has 0 amide bonds. The fraction of sp³-hybridized carbons (Fsp3) is 0.545. The SMILES string of the molecule is Cl.FC(F)(F)c1ccc(OCC2CCNC2)nc1. The predicted molar refractivity (Wildman–Crippen MR) is 63.0 cm³/mol. The van der Waals surface area contributed by atoms with Crippen molar-refractivity contribution >= 4 is 12.4 Å². The van der Waals surface area contributed by atoms with Crippen LogP contribution in [0.5, 0.6) is 5.88 Å². The lowest BCUT2D eigenvalue weighted by atomic mass is 10.1. The summed E-state index contributed by atoms with van der Waals surface area (Å²) in [6.07, 6.45) is -2.52. The first-order valence-corrected chi connectivity index (χ1v) is 5.42. The number of hydrogen-bond acceptors (Lipinski definition) is 3. The summed E-state index contributed by atoms with van der Waals surface area (Å²) in [5, 5.41) is 3.19. The van der Waals surface area contributed by atoms with Gasteiger partial charge >= 0.3 is 6.18 Å². The molecule has 7 heteroatoms. The van der Waals surface area contributed by atoms with Gasteiger partial charge in [0.25, 0.3) is 0 Å². The fourth-order valence-corrected chi connectivity index (χ4v) is 1.69. The molecule has 1 saturated heterocycles. The van der Waals surface area contributed by atoms with Gasteiger partial charge in [0.1, 0.15) is 0 Å². The number of pyridine rings is 1. The van der Waals surface area contributed by atoms with E-state index in [1.165, 1.54) is 6.07 Å². The van der Waals surface area contributed by atoms with Gasteiger partial charge in [-0.2, -0.15) is 13.2 Å². The zero-order chi connectivity index (χ0) is 12.3. The number of hydrogen-bond donors (Lipinski definition) is 1. The molecule has 0 radical (unpaired) electrons. The average molecular weight is 283 g/mol. The monoisotopic (exact) mass is 282 g/mol. The quantitative estimate of drug-likeness (QED) is 0.925. The number of ether oxygens (including phenoxy) is 1. The Morgan fingerprint density at radius 1 is 1.39 bits per heavy atom. The number of rotatable bonds is 3. The van der Waals surface area contributed by atoms with Gasteiger partial charge < -0.3 is 10.1 Å². The molecule has 1 aliphatic heterocycles. The van der Waals surface area contributed by atoms with E-state index >= 15 is 0 Å². The van der Waals surface area contributed by atoms with Crippen molar-refractivity contribution in [2.75, 3.05) is 19.7 Å². The molecule has 2 heterocycles. The summed E-state index contributed by atoms with van der Waals surface area (Å²) in [6, 6.07) is 2.24. The molecule has 2 rings (SSSR count). The first kappa shape index (κ1) is 15.0. The third kappa shape index (κ3) is 4.03. The zero-order valence-corrected chi connectivity index (χ0v) is 10.4. The Morgan fingerprint density at radius 3 is 2.67 bits per heavy atom. The van der Waals surface area contributed by atoms with Crippen molar-refractivity contribution in [3.8, 4) is 5.88 Å². The van der Waals surface area contributed by atoms with Crippen molar-refractivity contribution in [2.24, 2.45) is 5.92 Å². The van der Waals surface area contributed by atoms with Gasteiger partial charge in [-0.25, -0.2) is 4.98 Å². The van der Waals surface area contributed by atoms with Gasteiger partial charge in [0.15, 0.2) is 0 Å². The third-order valence-electron chi connectivity index (χ3n) is 2.69. The van der Waals surface area contributed by atoms with Crippen molar-refractivity contribution in [1.29, 1.82) is 0 Å². The molecule has 0 aromatic carbocycles. The van der Waals surface area contributed by atoms with E-state index in [-0.39, 0.29) is 18.3 Å². The van der Waals surface area contributed by atoms with Gasteiger partial charge in [0.05, 0.1) is 12.2 Å². The Labute approximate surface area is 109 Å². The third-order valence-corrected chi connectivity index (χ3v) is 2.69. The molecule has 102 valence electrons. The first-order chi connectivity index (χ1) is 8.05. The summed E-state index contributed by atoms with van der Waals surface area (Å²) >= 11 is 0. The van der Waals surface area contributed by atoms with Gasteiger partial charge in [0, 0.05) is 24.7 Å². The second-order valence-electron chi connectivity index (χ2n) is 4.05. The second kappa shape index (κ2) is 6.24. The summed E-state index contributed by atoms with van der Waals surface area (Å²) < 4.78 is 42.1. The van der Waals surface area contributed by atoms with E-state index in [0.29, 0.717) is 12.5 Å². The van der Waals surface area contributed by atoms with Crippen molar-refractivity contribution in [1.82, 2.24) is 10.3 Å². The predicted octanol–water partition coefficient (Wildman–Crippen LogP) is 2.51. The standard InChI is InChI=1S/C11H13F3N2O.ClH/c12-11(13,14)9-1-2-10(16-6-9)17-7-8-3-4-15-5-8;/h1-2,6,8,15H,3-5,7H2;1H. The number of halogens is 4. The van der Waals surface area contributed by atoms with Crippen molar-refractivity contribution < 1.29 is 17.9 Å². The maximum absolute atomic E-state index is 12.3. The first-order valence-electron chi connectivity index (χ1n) is 5.42. The molecule has 1 aromatic rings. The van der Waals surface area contributed by atoms with E-state index in [1.807, 2.05) is 0 Å². The second-order valence-corrected chi connectivity index (χ2v) is 4.05. The van der Waals surface area contributed by atoms with E-state index in [9.17, 15) is 13.2 Å². The van der Waals surface area contributed by atoms with Gasteiger partial charge in [-0.3, -0.25) is 0 Å². The number of nitrogens with one attached hydrogen (secondary N) is 1. The normalized spacial score (nSPS) is 19.4. The zero-order valence-electron chi connectivity index (χ0n) is 9.54. The van der Waals surface area contributed by atoms with Crippen molar-refractivity contribution in [3.63, 3.8) is 0 Å². The fourth-order valence-electron chi connectivity index (χ4n) is 1.69. The van der Waals surface area contributed by atoms with Gasteiger partial charge in [-0.1, -0.05) is 0 Å². The minimum absolute atomic E-state index is 0. The van der Waals surface area contributed by atoms with Crippen LogP contribution in [0.25, 0.3) is 0 Å². The molecule has 3 nitrogen and oxygen atoms in total. The van der Waals surface area contributed by atoms with Crippen LogP contribution in [-0.4, -0.2) is 24.7 Å². The summed E-state index contributed by atoms with van der Waals surface area (Å²) in [6.45, 7) is 2.35. The Hall–Kier alpha value is -1.01. The highest BCUT2D eigenvalue weighted by Gasteiger charge is 2.30. The number of alkyl halides is 3. The molecule has 0 saturated carbocycles. The van der Waals surface area contributed by atoms with Crippen LogP contribution in [0.2, 0.25) is 0 Å². The Bertz CT molecular complexity index is 364. The summed E-state index contributed by atoms with van der Waals surface area (Å²) in [4.78, 5) is 3.64. The molecule has 1 aliphatic rings. The molecule has 0 bridgehead atoms. The van der Waals surface area contributed by atoms with E-state index in [4.69, 9.17) is 4.74 Å². The lowest BCUT2D eigenvalue weighted by Crippen LogP contribution is -2.16. The Kier molecular flexibility index (Phi) is 5.22. The van der Waals surface area contributed by atoms with Gasteiger partial charge in [-0.05, 0) is 19.0 Å². The summed E-state index contributed by atoms with van der Waals surface area (Å²) in [5.74, 6) is 0.656. The van der Waals surface area contributed by atoms with Crippen LogP contribution in [0.3, 0.4) is 0 Å². The largest absolute Gasteiger partial charge is 0.477 e. The summed E-state index contributed by atoms with van der Waals surface area (Å²) in [5.41, 5.74) is -0.757. The van der Waals surface area contributed by atoms with Crippen LogP contribution >= 0.6 is 12.4 Å². The summed E-state index contributed by atoms with van der Waals surface area (Å²) in [7, 11) is 0. The van der Waals surface area contributed by atoms with Crippen LogP contribution in [0.15, 0.2) is 18.3 Å². The highest BCUT2D eigenvalue weighted by Crippen LogP contribution is 2.29. The van der Waals surface area contributed by atoms with Crippen LogP contribution in [0.4, 0.5) is 13.2 Å². The Balaban J connectivity index is 0.00000162. The molecule has 0 aliphatic carbocycles. The maximum Gasteiger partial charge on any atom is 0.417 e. The van der Waals surface area contributed by atoms with Crippen LogP contribution in [0.1, 0.15) is 12.0 Å². The molecular formula is C11H14ClF3N2O. The highest BCUT2D eigenvalue weighted by atomic mass is 35.5. The van der Waals surface area contributed by atoms with E-state index < -0.39 is 11.7 Å². The molecule has 1 aromatic heterocycles. The Morgan fingerprint density at radius 2 is 2.17 bits per heavy atom. The molecule has 1 fully saturated rings. The van der Waals surface area contributed by atoms with Crippen LogP contribution < -0.4 is 10.1 Å². The molecule has 1 N–H and O–H groups in total. The molecule has 0 spiro atoms. The van der Waals surface area contributed by atoms with Crippen LogP contribution in [0, 0.1) is 5.92 Å². The maximum atomic E-state index is 12.3. The van der Waals surface area contributed by atoms with Gasteiger partial charge in [0.2, 0.25) is 5.88 Å². The molecule has 1 unspecified atom stereocenters. The van der Waals surface area contributed by atoms with E-state index in [2.05, 4.69) is 10.3 Å². The highest BCUT2D eigenvalue weighted by molar-refractivity contribution is 5.85. The van der Waals surface area contributed by atoms with Crippen molar-refractivity contribution in [3.05, 3.63) is 23.9 Å². The molecule has 1 atom stereocenters. The smallest absolute Gasteiger partial charge is 0.417 e. The number of aromatic nitrogens is 1. The molecule has 18 heavy (non-hydrogen) atoms. The van der Waals surface area contributed by atoms with E-state index in [1.54, 1.807) is 0 Å². The minimum Gasteiger partial charge on any atom is -0.477 e. The molecular weight excluding hydrogens is 269 g/mol. The average Bonchev–Trinajstić information content (AvgIpc) is 2.78. The number of nitrogens with zero attached hydrogens (tertiary/aromatic N) is 1. The minimum atomic E-state index is -4.35. The van der Waals surface area contributed by atoms with Crippen LogP contribution in [-0.2, 0) is 6.18 Å².